The number of ketones is 1. The molecule has 0 aliphatic heterocycles. The van der Waals surface area contributed by atoms with E-state index >= 15 is 0 Å². The standard InChI is InChI=1S/C9H16O2/c1-2-7-5-9(11)6-8(7)3-4-10/h7-8,10H,2-6H2,1H3/t7-,8+/m1/s1. The predicted octanol–water partition coefficient (Wildman–Crippen LogP) is 1.37. The van der Waals surface area contributed by atoms with E-state index in [2.05, 4.69) is 6.92 Å². The Bertz CT molecular complexity index is 142. The second kappa shape index (κ2) is 3.86. The Labute approximate surface area is 67.6 Å². The van der Waals surface area contributed by atoms with Gasteiger partial charge in [-0.05, 0) is 18.3 Å². The number of carbonyl (C=O) groups is 1. The zero-order chi connectivity index (χ0) is 8.27. The van der Waals surface area contributed by atoms with Gasteiger partial charge in [0.25, 0.3) is 0 Å². The van der Waals surface area contributed by atoms with Crippen LogP contribution in [0.5, 0.6) is 0 Å². The van der Waals surface area contributed by atoms with Crippen molar-refractivity contribution in [2.24, 2.45) is 11.8 Å². The first-order valence-electron chi connectivity index (χ1n) is 4.40. The van der Waals surface area contributed by atoms with Crippen molar-refractivity contribution in [2.45, 2.75) is 32.6 Å². The van der Waals surface area contributed by atoms with Gasteiger partial charge in [0.1, 0.15) is 5.78 Å². The van der Waals surface area contributed by atoms with E-state index in [0.29, 0.717) is 24.0 Å². The van der Waals surface area contributed by atoms with Crippen molar-refractivity contribution in [3.8, 4) is 0 Å². The van der Waals surface area contributed by atoms with Gasteiger partial charge >= 0.3 is 0 Å². The zero-order valence-electron chi connectivity index (χ0n) is 7.05. The van der Waals surface area contributed by atoms with Gasteiger partial charge in [0.15, 0.2) is 0 Å². The summed E-state index contributed by atoms with van der Waals surface area (Å²) >= 11 is 0. The molecule has 2 atom stereocenters. The van der Waals surface area contributed by atoms with Crippen molar-refractivity contribution in [3.63, 3.8) is 0 Å². The number of Topliss-reactive ketones (excluding diaryl/α,β-unsaturated/α-hetero) is 1. The Kier molecular flexibility index (Phi) is 3.06. The first-order chi connectivity index (χ1) is 5.27. The van der Waals surface area contributed by atoms with Crippen LogP contribution in [0.15, 0.2) is 0 Å². The maximum atomic E-state index is 11.0. The lowest BCUT2D eigenvalue weighted by molar-refractivity contribution is -0.117. The molecule has 2 nitrogen and oxygen atoms in total. The fourth-order valence-electron chi connectivity index (χ4n) is 1.98. The van der Waals surface area contributed by atoms with Gasteiger partial charge in [-0.15, -0.1) is 0 Å². The molecule has 0 aromatic rings. The van der Waals surface area contributed by atoms with Gasteiger partial charge in [0.05, 0.1) is 0 Å². The third-order valence-electron chi connectivity index (χ3n) is 2.67. The van der Waals surface area contributed by atoms with Crippen LogP contribution < -0.4 is 0 Å². The molecule has 0 spiro atoms. The molecule has 0 aromatic carbocycles. The van der Waals surface area contributed by atoms with Gasteiger partial charge in [-0.2, -0.15) is 0 Å². The zero-order valence-corrected chi connectivity index (χ0v) is 7.05. The van der Waals surface area contributed by atoms with Crippen LogP contribution in [0.4, 0.5) is 0 Å². The number of aliphatic hydroxyl groups is 1. The smallest absolute Gasteiger partial charge is 0.133 e. The minimum Gasteiger partial charge on any atom is -0.396 e. The van der Waals surface area contributed by atoms with Gasteiger partial charge in [-0.3, -0.25) is 4.79 Å². The topological polar surface area (TPSA) is 37.3 Å². The second-order valence-corrected chi connectivity index (χ2v) is 3.39. The fraction of sp³-hybridized carbons (Fsp3) is 0.889. The molecule has 11 heavy (non-hydrogen) atoms. The van der Waals surface area contributed by atoms with Crippen LogP contribution in [0.2, 0.25) is 0 Å². The lowest BCUT2D eigenvalue weighted by Crippen LogP contribution is -2.08. The number of aliphatic hydroxyl groups excluding tert-OH is 1. The molecule has 0 unspecified atom stereocenters. The maximum Gasteiger partial charge on any atom is 0.133 e. The highest BCUT2D eigenvalue weighted by Gasteiger charge is 2.30. The molecule has 1 saturated carbocycles. The largest absolute Gasteiger partial charge is 0.396 e. The van der Waals surface area contributed by atoms with Gasteiger partial charge in [-0.25, -0.2) is 0 Å². The molecular weight excluding hydrogens is 140 g/mol. The van der Waals surface area contributed by atoms with E-state index in [9.17, 15) is 4.79 Å². The van der Waals surface area contributed by atoms with E-state index in [0.717, 1.165) is 19.3 Å². The Morgan fingerprint density at radius 3 is 2.64 bits per heavy atom. The van der Waals surface area contributed by atoms with Gasteiger partial charge in [0, 0.05) is 19.4 Å². The summed E-state index contributed by atoms with van der Waals surface area (Å²) in [5, 5.41) is 8.71. The molecule has 1 rings (SSSR count). The van der Waals surface area contributed by atoms with Crippen LogP contribution in [0.1, 0.15) is 32.6 Å². The van der Waals surface area contributed by atoms with Gasteiger partial charge in [0.2, 0.25) is 0 Å². The first kappa shape index (κ1) is 8.72. The van der Waals surface area contributed by atoms with Crippen LogP contribution >= 0.6 is 0 Å². The predicted molar refractivity (Wildman–Crippen MR) is 43.2 cm³/mol. The van der Waals surface area contributed by atoms with E-state index in [1.165, 1.54) is 0 Å². The molecule has 0 aromatic heterocycles. The third kappa shape index (κ3) is 2.03. The average Bonchev–Trinajstić information content (AvgIpc) is 2.32. The lowest BCUT2D eigenvalue weighted by Gasteiger charge is -2.14. The van der Waals surface area contributed by atoms with Crippen LogP contribution in [0.25, 0.3) is 0 Å². The van der Waals surface area contributed by atoms with E-state index in [4.69, 9.17) is 5.11 Å². The Balaban J connectivity index is 2.43. The molecule has 0 bridgehead atoms. The summed E-state index contributed by atoms with van der Waals surface area (Å²) in [4.78, 5) is 11.0. The lowest BCUT2D eigenvalue weighted by atomic mass is 9.91. The fourth-order valence-corrected chi connectivity index (χ4v) is 1.98. The van der Waals surface area contributed by atoms with Crippen LogP contribution in [0.3, 0.4) is 0 Å². The number of carbonyl (C=O) groups excluding carboxylic acids is 1. The molecule has 1 aliphatic carbocycles. The summed E-state index contributed by atoms with van der Waals surface area (Å²) < 4.78 is 0. The summed E-state index contributed by atoms with van der Waals surface area (Å²) in [7, 11) is 0. The minimum absolute atomic E-state index is 0.231. The Hall–Kier alpha value is -0.370. The van der Waals surface area contributed by atoms with Crippen molar-refractivity contribution >= 4 is 5.78 Å². The minimum atomic E-state index is 0.231. The molecular formula is C9H16O2. The molecule has 0 amide bonds. The average molecular weight is 156 g/mol. The van der Waals surface area contributed by atoms with E-state index in [-0.39, 0.29) is 6.61 Å². The van der Waals surface area contributed by atoms with Crippen molar-refractivity contribution in [2.75, 3.05) is 6.61 Å². The number of rotatable bonds is 3. The molecule has 0 radical (unpaired) electrons. The summed E-state index contributed by atoms with van der Waals surface area (Å²) in [5.41, 5.74) is 0. The van der Waals surface area contributed by atoms with Crippen molar-refractivity contribution in [1.82, 2.24) is 0 Å². The second-order valence-electron chi connectivity index (χ2n) is 3.39. The molecule has 0 heterocycles. The van der Waals surface area contributed by atoms with Crippen LogP contribution in [-0.2, 0) is 4.79 Å². The SMILES string of the molecule is CC[C@@H]1CC(=O)C[C@@H]1CCO. The van der Waals surface area contributed by atoms with Crippen molar-refractivity contribution in [3.05, 3.63) is 0 Å². The number of hydrogen-bond donors (Lipinski definition) is 1. The highest BCUT2D eigenvalue weighted by Crippen LogP contribution is 2.33. The van der Waals surface area contributed by atoms with E-state index in [1.807, 2.05) is 0 Å². The first-order valence-corrected chi connectivity index (χ1v) is 4.40. The maximum absolute atomic E-state index is 11.0. The van der Waals surface area contributed by atoms with Crippen LogP contribution in [0, 0.1) is 11.8 Å². The molecule has 0 saturated heterocycles. The summed E-state index contributed by atoms with van der Waals surface area (Å²) in [5.74, 6) is 1.41. The molecule has 1 aliphatic rings. The third-order valence-corrected chi connectivity index (χ3v) is 2.67. The molecule has 64 valence electrons. The van der Waals surface area contributed by atoms with Gasteiger partial charge in [-0.1, -0.05) is 13.3 Å². The Morgan fingerprint density at radius 1 is 1.45 bits per heavy atom. The quantitative estimate of drug-likeness (QED) is 0.670. The number of hydrogen-bond acceptors (Lipinski definition) is 2. The molecule has 1 N–H and O–H groups in total. The summed E-state index contributed by atoms with van der Waals surface area (Å²) in [6.07, 6.45) is 3.35. The highest BCUT2D eigenvalue weighted by molar-refractivity contribution is 5.81. The molecule has 1 fully saturated rings. The summed E-state index contributed by atoms with van der Waals surface area (Å²) in [6, 6.07) is 0. The molecule has 2 heteroatoms. The Morgan fingerprint density at radius 2 is 2.09 bits per heavy atom. The summed E-state index contributed by atoms with van der Waals surface area (Å²) in [6.45, 7) is 2.35. The van der Waals surface area contributed by atoms with Crippen LogP contribution in [-0.4, -0.2) is 17.5 Å². The van der Waals surface area contributed by atoms with Gasteiger partial charge < -0.3 is 5.11 Å². The van der Waals surface area contributed by atoms with E-state index in [1.54, 1.807) is 0 Å². The normalized spacial score (nSPS) is 31.3. The van der Waals surface area contributed by atoms with E-state index < -0.39 is 0 Å². The monoisotopic (exact) mass is 156 g/mol. The van der Waals surface area contributed by atoms with Crippen molar-refractivity contribution in [1.29, 1.82) is 0 Å². The van der Waals surface area contributed by atoms with Crippen molar-refractivity contribution < 1.29 is 9.90 Å². The highest BCUT2D eigenvalue weighted by atomic mass is 16.3.